The molecule has 1 aliphatic rings. The number of benzene rings is 1. The van der Waals surface area contributed by atoms with Crippen molar-refractivity contribution in [1.29, 1.82) is 0 Å². The van der Waals surface area contributed by atoms with E-state index in [2.05, 4.69) is 10.3 Å². The maximum atomic E-state index is 12.1. The van der Waals surface area contributed by atoms with Crippen LogP contribution < -0.4 is 5.32 Å². The molecule has 0 spiro atoms. The molecule has 0 unspecified atom stereocenters. The Morgan fingerprint density at radius 2 is 2.00 bits per heavy atom. The summed E-state index contributed by atoms with van der Waals surface area (Å²) in [7, 11) is 0. The molecule has 1 aromatic carbocycles. The zero-order chi connectivity index (χ0) is 16.4. The van der Waals surface area contributed by atoms with Gasteiger partial charge in [-0.2, -0.15) is 0 Å². The van der Waals surface area contributed by atoms with Crippen molar-refractivity contribution in [3.05, 3.63) is 36.0 Å². The predicted molar refractivity (Wildman–Crippen MR) is 83.0 cm³/mol. The van der Waals surface area contributed by atoms with E-state index in [0.29, 0.717) is 5.69 Å². The van der Waals surface area contributed by atoms with Gasteiger partial charge in [-0.1, -0.05) is 18.2 Å². The number of aromatic nitrogens is 1. The summed E-state index contributed by atoms with van der Waals surface area (Å²) in [5.41, 5.74) is 1.21. The molecule has 0 bridgehead atoms. The van der Waals surface area contributed by atoms with Gasteiger partial charge < -0.3 is 20.3 Å². The first-order valence-corrected chi connectivity index (χ1v) is 7.42. The number of carbonyl (C=O) groups is 3. The van der Waals surface area contributed by atoms with Crippen molar-refractivity contribution in [1.82, 2.24) is 15.2 Å². The summed E-state index contributed by atoms with van der Waals surface area (Å²) in [5.74, 6) is -1.81. The molecule has 0 radical (unpaired) electrons. The summed E-state index contributed by atoms with van der Waals surface area (Å²) < 4.78 is 0. The smallest absolute Gasteiger partial charge is 0.323 e. The van der Waals surface area contributed by atoms with Crippen LogP contribution in [0.4, 0.5) is 0 Å². The summed E-state index contributed by atoms with van der Waals surface area (Å²) in [4.78, 5) is 39.3. The minimum absolute atomic E-state index is 0.0106. The summed E-state index contributed by atoms with van der Waals surface area (Å²) >= 11 is 0. The maximum Gasteiger partial charge on any atom is 0.323 e. The van der Waals surface area contributed by atoms with Gasteiger partial charge in [0, 0.05) is 16.9 Å². The molecule has 3 N–H and O–H groups in total. The summed E-state index contributed by atoms with van der Waals surface area (Å²) in [5, 5.41) is 12.3. The van der Waals surface area contributed by atoms with Crippen molar-refractivity contribution in [3.63, 3.8) is 0 Å². The van der Waals surface area contributed by atoms with Gasteiger partial charge >= 0.3 is 5.97 Å². The van der Waals surface area contributed by atoms with E-state index in [1.807, 2.05) is 24.3 Å². The van der Waals surface area contributed by atoms with Crippen LogP contribution in [0.5, 0.6) is 0 Å². The van der Waals surface area contributed by atoms with Gasteiger partial charge in [-0.25, -0.2) is 0 Å². The largest absolute Gasteiger partial charge is 0.480 e. The molecule has 0 saturated heterocycles. The second-order valence-corrected chi connectivity index (χ2v) is 5.60. The molecule has 1 fully saturated rings. The van der Waals surface area contributed by atoms with Crippen LogP contribution in [0.3, 0.4) is 0 Å². The van der Waals surface area contributed by atoms with Crippen molar-refractivity contribution >= 4 is 28.7 Å². The highest BCUT2D eigenvalue weighted by atomic mass is 16.4. The Morgan fingerprint density at radius 1 is 1.26 bits per heavy atom. The lowest BCUT2D eigenvalue weighted by atomic mass is 10.2. The first-order valence-electron chi connectivity index (χ1n) is 7.42. The van der Waals surface area contributed by atoms with Crippen molar-refractivity contribution in [2.45, 2.75) is 18.9 Å². The first kappa shape index (κ1) is 15.1. The number of aromatic amines is 1. The zero-order valence-electron chi connectivity index (χ0n) is 12.4. The Morgan fingerprint density at radius 3 is 2.65 bits per heavy atom. The second-order valence-electron chi connectivity index (χ2n) is 5.60. The van der Waals surface area contributed by atoms with Crippen molar-refractivity contribution in [3.8, 4) is 0 Å². The fraction of sp³-hybridized carbons (Fsp3) is 0.312. The number of carboxylic acid groups (broad SMARTS) is 1. The van der Waals surface area contributed by atoms with E-state index >= 15 is 0 Å². The van der Waals surface area contributed by atoms with E-state index in [4.69, 9.17) is 5.11 Å². The number of H-pyrrole nitrogens is 1. The van der Waals surface area contributed by atoms with Gasteiger partial charge in [0.15, 0.2) is 0 Å². The van der Waals surface area contributed by atoms with Crippen molar-refractivity contribution in [2.24, 2.45) is 0 Å². The van der Waals surface area contributed by atoms with Crippen molar-refractivity contribution < 1.29 is 19.5 Å². The molecule has 120 valence electrons. The number of amides is 2. The number of hydrogen-bond acceptors (Lipinski definition) is 3. The van der Waals surface area contributed by atoms with E-state index in [0.717, 1.165) is 23.7 Å². The molecule has 3 rings (SSSR count). The number of hydrogen-bond donors (Lipinski definition) is 3. The molecule has 7 nitrogen and oxygen atoms in total. The Kier molecular flexibility index (Phi) is 4.01. The monoisotopic (exact) mass is 315 g/mol. The SMILES string of the molecule is O=C(O)CN(C(=O)CNC(=O)c1cc2ccccc2[nH]1)C1CC1. The number of rotatable bonds is 6. The lowest BCUT2D eigenvalue weighted by Gasteiger charge is -2.20. The number of nitrogens with zero attached hydrogens (tertiary/aromatic N) is 1. The van der Waals surface area contributed by atoms with Gasteiger partial charge in [0.1, 0.15) is 12.2 Å². The van der Waals surface area contributed by atoms with Gasteiger partial charge in [-0.05, 0) is 25.0 Å². The van der Waals surface area contributed by atoms with Crippen LogP contribution in [0.25, 0.3) is 10.9 Å². The zero-order valence-corrected chi connectivity index (χ0v) is 12.4. The van der Waals surface area contributed by atoms with Gasteiger partial charge in [0.2, 0.25) is 5.91 Å². The van der Waals surface area contributed by atoms with Gasteiger partial charge in [-0.3, -0.25) is 14.4 Å². The highest BCUT2D eigenvalue weighted by molar-refractivity contribution is 5.99. The molecule has 7 heteroatoms. The molecule has 1 saturated carbocycles. The standard InChI is InChI=1S/C16H17N3O4/c20-14(19(9-15(21)22)11-5-6-11)8-17-16(23)13-7-10-3-1-2-4-12(10)18-13/h1-4,7,11,18H,5-6,8-9H2,(H,17,23)(H,21,22). The second kappa shape index (κ2) is 6.12. The first-order chi connectivity index (χ1) is 11.0. The summed E-state index contributed by atoms with van der Waals surface area (Å²) in [6.07, 6.45) is 1.63. The fourth-order valence-corrected chi connectivity index (χ4v) is 2.50. The lowest BCUT2D eigenvalue weighted by molar-refractivity contribution is -0.144. The Hall–Kier alpha value is -2.83. The average molecular weight is 315 g/mol. The predicted octanol–water partition coefficient (Wildman–Crippen LogP) is 0.973. The number of para-hydroxylation sites is 1. The number of nitrogens with one attached hydrogen (secondary N) is 2. The molecule has 1 heterocycles. The van der Waals surface area contributed by atoms with Crippen molar-refractivity contribution in [2.75, 3.05) is 13.1 Å². The third kappa shape index (κ3) is 3.50. The maximum absolute atomic E-state index is 12.1. The summed E-state index contributed by atoms with van der Waals surface area (Å²) in [6, 6.07) is 9.19. The molecule has 0 aliphatic heterocycles. The van der Waals surface area contributed by atoms with E-state index < -0.39 is 5.97 Å². The number of fused-ring (bicyclic) bond motifs is 1. The van der Waals surface area contributed by atoms with Crippen LogP contribution in [0.1, 0.15) is 23.3 Å². The van der Waals surface area contributed by atoms with Crippen LogP contribution >= 0.6 is 0 Å². The molecule has 1 aliphatic carbocycles. The van der Waals surface area contributed by atoms with E-state index in [1.165, 1.54) is 4.90 Å². The molecular formula is C16H17N3O4. The lowest BCUT2D eigenvalue weighted by Crippen LogP contribution is -2.43. The molecule has 2 aromatic rings. The molecule has 2 amide bonds. The van der Waals surface area contributed by atoms with Crippen LogP contribution in [-0.4, -0.2) is 51.9 Å². The molecule has 1 aromatic heterocycles. The third-order valence-corrected chi connectivity index (χ3v) is 3.79. The van der Waals surface area contributed by atoms with E-state index in [9.17, 15) is 14.4 Å². The van der Waals surface area contributed by atoms with Gasteiger partial charge in [0.05, 0.1) is 6.54 Å². The van der Waals surface area contributed by atoms with E-state index in [1.54, 1.807) is 6.07 Å². The Labute approximate surface area is 132 Å². The van der Waals surface area contributed by atoms with Crippen LogP contribution in [0.2, 0.25) is 0 Å². The molecule has 23 heavy (non-hydrogen) atoms. The minimum atomic E-state index is -1.05. The fourth-order valence-electron chi connectivity index (χ4n) is 2.50. The quantitative estimate of drug-likeness (QED) is 0.739. The molecular weight excluding hydrogens is 298 g/mol. The van der Waals surface area contributed by atoms with Crippen LogP contribution in [-0.2, 0) is 9.59 Å². The third-order valence-electron chi connectivity index (χ3n) is 3.79. The van der Waals surface area contributed by atoms with Crippen LogP contribution in [0.15, 0.2) is 30.3 Å². The number of carbonyl (C=O) groups excluding carboxylic acids is 2. The number of carboxylic acids is 1. The topological polar surface area (TPSA) is 102 Å². The number of aliphatic carboxylic acids is 1. The Balaban J connectivity index is 1.61. The normalized spacial score (nSPS) is 13.7. The Bertz CT molecular complexity index is 731. The summed E-state index contributed by atoms with van der Waals surface area (Å²) in [6.45, 7) is -0.538. The van der Waals surface area contributed by atoms with Crippen LogP contribution in [0, 0.1) is 0 Å². The van der Waals surface area contributed by atoms with E-state index in [-0.39, 0.29) is 30.9 Å². The van der Waals surface area contributed by atoms with Gasteiger partial charge in [0.25, 0.3) is 5.91 Å². The molecule has 0 atom stereocenters. The minimum Gasteiger partial charge on any atom is -0.480 e. The highest BCUT2D eigenvalue weighted by Crippen LogP contribution is 2.26. The van der Waals surface area contributed by atoms with Gasteiger partial charge in [-0.15, -0.1) is 0 Å². The highest BCUT2D eigenvalue weighted by Gasteiger charge is 2.33. The average Bonchev–Trinajstić information content (AvgIpc) is 3.27.